The number of carbonyl (C=O) groups excluding carboxylic acids is 1. The molecule has 1 fully saturated rings. The zero-order valence-corrected chi connectivity index (χ0v) is 13.8. The molecule has 2 aromatic rings. The molecule has 0 radical (unpaired) electrons. The van der Waals surface area contributed by atoms with Gasteiger partial charge in [0.25, 0.3) is 0 Å². The molecular formula is C18H23N3O2. The Morgan fingerprint density at radius 3 is 3.04 bits per heavy atom. The van der Waals surface area contributed by atoms with Crippen LogP contribution in [0.4, 0.5) is 0 Å². The number of oxazole rings is 1. The van der Waals surface area contributed by atoms with Crippen LogP contribution in [0.2, 0.25) is 0 Å². The maximum absolute atomic E-state index is 12.7. The predicted molar refractivity (Wildman–Crippen MR) is 87.8 cm³/mol. The van der Waals surface area contributed by atoms with Crippen LogP contribution in [0.25, 0.3) is 11.5 Å². The Labute approximate surface area is 136 Å². The molecule has 0 aromatic carbocycles. The molecule has 5 nitrogen and oxygen atoms in total. The largest absolute Gasteiger partial charge is 0.441 e. The van der Waals surface area contributed by atoms with Crippen molar-refractivity contribution in [3.8, 4) is 11.5 Å². The first-order valence-electron chi connectivity index (χ1n) is 8.35. The Morgan fingerprint density at radius 1 is 1.43 bits per heavy atom. The van der Waals surface area contributed by atoms with Crippen molar-refractivity contribution in [3.63, 3.8) is 0 Å². The maximum atomic E-state index is 12.7. The van der Waals surface area contributed by atoms with E-state index in [1.165, 1.54) is 6.42 Å². The van der Waals surface area contributed by atoms with Gasteiger partial charge in [-0.05, 0) is 44.7 Å². The van der Waals surface area contributed by atoms with Crippen LogP contribution in [0.1, 0.15) is 44.1 Å². The number of amides is 1. The van der Waals surface area contributed by atoms with Gasteiger partial charge in [-0.2, -0.15) is 0 Å². The summed E-state index contributed by atoms with van der Waals surface area (Å²) < 4.78 is 5.72. The molecule has 3 heterocycles. The van der Waals surface area contributed by atoms with Crippen LogP contribution in [-0.2, 0) is 11.2 Å². The zero-order valence-electron chi connectivity index (χ0n) is 13.8. The standard InChI is InChI=1S/C18H23N3O2/c1-3-15-8-4-5-10-21(15)17(22)11-16-13(2)23-18(20-16)14-7-6-9-19-12-14/h6-7,9,12,15H,3-5,8,10-11H2,1-2H3. The Morgan fingerprint density at radius 2 is 2.30 bits per heavy atom. The van der Waals surface area contributed by atoms with Gasteiger partial charge in [0.2, 0.25) is 11.8 Å². The zero-order chi connectivity index (χ0) is 16.2. The maximum Gasteiger partial charge on any atom is 0.228 e. The van der Waals surface area contributed by atoms with Gasteiger partial charge >= 0.3 is 0 Å². The summed E-state index contributed by atoms with van der Waals surface area (Å²) in [7, 11) is 0. The van der Waals surface area contributed by atoms with E-state index in [-0.39, 0.29) is 5.91 Å². The lowest BCUT2D eigenvalue weighted by molar-refractivity contribution is -0.134. The molecule has 1 atom stereocenters. The van der Waals surface area contributed by atoms with Crippen LogP contribution >= 0.6 is 0 Å². The Hall–Kier alpha value is -2.17. The summed E-state index contributed by atoms with van der Waals surface area (Å²) in [5.74, 6) is 1.40. The molecule has 0 spiro atoms. The summed E-state index contributed by atoms with van der Waals surface area (Å²) in [6, 6.07) is 4.13. The quantitative estimate of drug-likeness (QED) is 0.868. The third kappa shape index (κ3) is 3.44. The lowest BCUT2D eigenvalue weighted by atomic mass is 9.99. The number of aryl methyl sites for hydroxylation is 1. The minimum Gasteiger partial charge on any atom is -0.441 e. The van der Waals surface area contributed by atoms with E-state index >= 15 is 0 Å². The van der Waals surface area contributed by atoms with Crippen molar-refractivity contribution >= 4 is 5.91 Å². The summed E-state index contributed by atoms with van der Waals surface area (Å²) in [5, 5.41) is 0. The highest BCUT2D eigenvalue weighted by Gasteiger charge is 2.26. The van der Waals surface area contributed by atoms with E-state index in [0.717, 1.165) is 37.1 Å². The van der Waals surface area contributed by atoms with E-state index in [4.69, 9.17) is 4.42 Å². The minimum absolute atomic E-state index is 0.158. The highest BCUT2D eigenvalue weighted by Crippen LogP contribution is 2.24. The lowest BCUT2D eigenvalue weighted by Gasteiger charge is -2.35. The number of likely N-dealkylation sites (tertiary alicyclic amines) is 1. The molecule has 0 saturated carbocycles. The van der Waals surface area contributed by atoms with Gasteiger partial charge in [0.05, 0.1) is 17.7 Å². The molecule has 23 heavy (non-hydrogen) atoms. The smallest absolute Gasteiger partial charge is 0.228 e. The molecule has 1 unspecified atom stereocenters. The molecule has 2 aromatic heterocycles. The van der Waals surface area contributed by atoms with Crippen molar-refractivity contribution in [3.05, 3.63) is 36.0 Å². The van der Waals surface area contributed by atoms with Crippen molar-refractivity contribution in [2.75, 3.05) is 6.54 Å². The fourth-order valence-corrected chi connectivity index (χ4v) is 3.20. The normalized spacial score (nSPS) is 18.2. The third-order valence-corrected chi connectivity index (χ3v) is 4.54. The summed E-state index contributed by atoms with van der Waals surface area (Å²) in [6.07, 6.45) is 8.19. The van der Waals surface area contributed by atoms with Crippen LogP contribution in [0.15, 0.2) is 28.9 Å². The van der Waals surface area contributed by atoms with Crippen LogP contribution in [0.5, 0.6) is 0 Å². The van der Waals surface area contributed by atoms with Crippen molar-refractivity contribution in [1.29, 1.82) is 0 Å². The van der Waals surface area contributed by atoms with Gasteiger partial charge in [0.1, 0.15) is 5.76 Å². The van der Waals surface area contributed by atoms with E-state index in [9.17, 15) is 4.79 Å². The van der Waals surface area contributed by atoms with Gasteiger partial charge in [0, 0.05) is 25.0 Å². The van der Waals surface area contributed by atoms with Gasteiger partial charge in [-0.15, -0.1) is 0 Å². The Balaban J connectivity index is 1.75. The number of carbonyl (C=O) groups is 1. The van der Waals surface area contributed by atoms with Gasteiger partial charge in [-0.25, -0.2) is 4.98 Å². The molecule has 0 N–H and O–H groups in total. The highest BCUT2D eigenvalue weighted by atomic mass is 16.4. The summed E-state index contributed by atoms with van der Waals surface area (Å²) >= 11 is 0. The molecule has 0 bridgehead atoms. The summed E-state index contributed by atoms with van der Waals surface area (Å²) in [4.78, 5) is 23.3. The topological polar surface area (TPSA) is 59.2 Å². The van der Waals surface area contributed by atoms with Gasteiger partial charge in [0.15, 0.2) is 0 Å². The second-order valence-electron chi connectivity index (χ2n) is 6.09. The first kappa shape index (κ1) is 15.7. The van der Waals surface area contributed by atoms with E-state index in [0.29, 0.717) is 24.1 Å². The van der Waals surface area contributed by atoms with Gasteiger partial charge in [-0.1, -0.05) is 6.92 Å². The van der Waals surface area contributed by atoms with Crippen LogP contribution in [0, 0.1) is 6.92 Å². The highest BCUT2D eigenvalue weighted by molar-refractivity contribution is 5.79. The van der Waals surface area contributed by atoms with Crippen molar-refractivity contribution in [2.24, 2.45) is 0 Å². The monoisotopic (exact) mass is 313 g/mol. The SMILES string of the molecule is CCC1CCCCN1C(=O)Cc1nc(-c2cccnc2)oc1C. The van der Waals surface area contributed by atoms with Crippen LogP contribution < -0.4 is 0 Å². The number of aromatic nitrogens is 2. The van der Waals surface area contributed by atoms with Crippen molar-refractivity contribution < 1.29 is 9.21 Å². The number of hydrogen-bond acceptors (Lipinski definition) is 4. The van der Waals surface area contributed by atoms with Gasteiger partial charge in [-0.3, -0.25) is 9.78 Å². The molecule has 5 heteroatoms. The molecule has 1 saturated heterocycles. The van der Waals surface area contributed by atoms with Crippen molar-refractivity contribution in [2.45, 2.75) is 52.0 Å². The van der Waals surface area contributed by atoms with E-state index in [1.54, 1.807) is 12.4 Å². The number of rotatable bonds is 4. The van der Waals surface area contributed by atoms with Crippen LogP contribution in [0.3, 0.4) is 0 Å². The number of nitrogens with zero attached hydrogens (tertiary/aromatic N) is 3. The number of piperidine rings is 1. The average Bonchev–Trinajstić information content (AvgIpc) is 2.96. The first-order valence-corrected chi connectivity index (χ1v) is 8.35. The second kappa shape index (κ2) is 6.94. The molecule has 1 aliphatic heterocycles. The Bertz CT molecular complexity index is 666. The Kier molecular flexibility index (Phi) is 4.74. The number of hydrogen-bond donors (Lipinski definition) is 0. The fraction of sp³-hybridized carbons (Fsp3) is 0.500. The molecule has 122 valence electrons. The molecule has 0 aliphatic carbocycles. The lowest BCUT2D eigenvalue weighted by Crippen LogP contribution is -2.44. The fourth-order valence-electron chi connectivity index (χ4n) is 3.20. The molecule has 1 aliphatic rings. The molecule has 3 rings (SSSR count). The van der Waals surface area contributed by atoms with E-state index in [2.05, 4.69) is 16.9 Å². The molecular weight excluding hydrogens is 290 g/mol. The van der Waals surface area contributed by atoms with Crippen molar-refractivity contribution in [1.82, 2.24) is 14.9 Å². The van der Waals surface area contributed by atoms with Gasteiger partial charge < -0.3 is 9.32 Å². The summed E-state index contributed by atoms with van der Waals surface area (Å²) in [5.41, 5.74) is 1.56. The predicted octanol–water partition coefficient (Wildman–Crippen LogP) is 3.38. The molecule has 1 amide bonds. The van der Waals surface area contributed by atoms with E-state index in [1.807, 2.05) is 24.0 Å². The average molecular weight is 313 g/mol. The minimum atomic E-state index is 0.158. The second-order valence-corrected chi connectivity index (χ2v) is 6.09. The van der Waals surface area contributed by atoms with E-state index < -0.39 is 0 Å². The first-order chi connectivity index (χ1) is 11.2. The number of pyridine rings is 1. The third-order valence-electron chi connectivity index (χ3n) is 4.54. The van der Waals surface area contributed by atoms with Crippen LogP contribution in [-0.4, -0.2) is 33.4 Å². The summed E-state index contributed by atoms with van der Waals surface area (Å²) in [6.45, 7) is 4.88.